The van der Waals surface area contributed by atoms with Crippen molar-refractivity contribution in [2.45, 2.75) is 17.3 Å². The third-order valence-electron chi connectivity index (χ3n) is 3.51. The largest absolute Gasteiger partial charge is 0.320 e. The average Bonchev–Trinajstić information content (AvgIpc) is 3.04. The molecule has 0 aliphatic heterocycles. The molecule has 3 rings (SSSR count). The molecule has 1 unspecified atom stereocenters. The molecule has 1 atom stereocenters. The molecular formula is C16H13F2N3O2S2. The first-order chi connectivity index (χ1) is 11.9. The highest BCUT2D eigenvalue weighted by molar-refractivity contribution is 8.00. The number of carbonyl (C=O) groups excluding carboxylic acids is 1. The van der Waals surface area contributed by atoms with Crippen LogP contribution in [0.25, 0.3) is 10.2 Å². The number of hydrogen-bond donors (Lipinski definition) is 1. The van der Waals surface area contributed by atoms with Crippen molar-refractivity contribution in [2.24, 2.45) is 7.05 Å². The Morgan fingerprint density at radius 3 is 2.68 bits per heavy atom. The number of aromatic nitrogens is 2. The van der Waals surface area contributed by atoms with Gasteiger partial charge in [-0.1, -0.05) is 17.8 Å². The maximum atomic E-state index is 13.6. The lowest BCUT2D eigenvalue weighted by molar-refractivity contribution is -0.115. The summed E-state index contributed by atoms with van der Waals surface area (Å²) in [7, 11) is 1.57. The zero-order valence-electron chi connectivity index (χ0n) is 13.2. The van der Waals surface area contributed by atoms with Crippen molar-refractivity contribution >= 4 is 44.9 Å². The van der Waals surface area contributed by atoms with E-state index in [2.05, 4.69) is 10.3 Å². The van der Waals surface area contributed by atoms with Crippen LogP contribution in [0, 0.1) is 11.6 Å². The van der Waals surface area contributed by atoms with E-state index >= 15 is 0 Å². The second kappa shape index (κ2) is 6.93. The number of para-hydroxylation sites is 1. The first-order valence-corrected chi connectivity index (χ1v) is 9.00. The van der Waals surface area contributed by atoms with Crippen LogP contribution < -0.4 is 10.9 Å². The Bertz CT molecular complexity index is 996. The predicted molar refractivity (Wildman–Crippen MR) is 95.2 cm³/mol. The van der Waals surface area contributed by atoms with Crippen LogP contribution in [-0.2, 0) is 11.8 Å². The van der Waals surface area contributed by atoms with Gasteiger partial charge >= 0.3 is 0 Å². The second-order valence-corrected chi connectivity index (χ2v) is 7.46. The van der Waals surface area contributed by atoms with E-state index in [-0.39, 0.29) is 5.56 Å². The molecule has 5 nitrogen and oxygen atoms in total. The molecule has 2 heterocycles. The van der Waals surface area contributed by atoms with Gasteiger partial charge in [0.1, 0.15) is 22.0 Å². The molecule has 25 heavy (non-hydrogen) atoms. The van der Waals surface area contributed by atoms with Gasteiger partial charge in [-0.2, -0.15) is 0 Å². The lowest BCUT2D eigenvalue weighted by Crippen LogP contribution is -2.26. The third-order valence-corrected chi connectivity index (χ3v) is 5.54. The number of rotatable bonds is 4. The van der Waals surface area contributed by atoms with Crippen LogP contribution in [-0.4, -0.2) is 20.7 Å². The number of hydrogen-bond acceptors (Lipinski definition) is 5. The summed E-state index contributed by atoms with van der Waals surface area (Å²) >= 11 is 2.34. The maximum Gasteiger partial charge on any atom is 0.271 e. The van der Waals surface area contributed by atoms with Gasteiger partial charge in [-0.25, -0.2) is 13.8 Å². The molecular weight excluding hydrogens is 368 g/mol. The molecule has 0 saturated carbocycles. The maximum absolute atomic E-state index is 13.6. The summed E-state index contributed by atoms with van der Waals surface area (Å²) in [6.45, 7) is 1.57. The highest BCUT2D eigenvalue weighted by Crippen LogP contribution is 2.25. The Balaban J connectivity index is 1.82. The van der Waals surface area contributed by atoms with Crippen molar-refractivity contribution in [2.75, 3.05) is 5.32 Å². The van der Waals surface area contributed by atoms with Gasteiger partial charge in [0.2, 0.25) is 5.91 Å². The summed E-state index contributed by atoms with van der Waals surface area (Å²) in [5, 5.41) is 3.65. The Hall–Kier alpha value is -2.26. The van der Waals surface area contributed by atoms with Crippen molar-refractivity contribution in [3.05, 3.63) is 51.6 Å². The van der Waals surface area contributed by atoms with E-state index in [0.29, 0.717) is 15.4 Å². The molecule has 1 aromatic carbocycles. The monoisotopic (exact) mass is 381 g/mol. The molecule has 0 fully saturated rings. The van der Waals surface area contributed by atoms with Crippen LogP contribution in [0.4, 0.5) is 14.5 Å². The van der Waals surface area contributed by atoms with Crippen molar-refractivity contribution in [3.63, 3.8) is 0 Å². The second-order valence-electron chi connectivity index (χ2n) is 5.24. The Kier molecular flexibility index (Phi) is 4.87. The molecule has 0 aliphatic carbocycles. The minimum absolute atomic E-state index is 0.199. The van der Waals surface area contributed by atoms with E-state index in [1.807, 2.05) is 0 Å². The van der Waals surface area contributed by atoms with E-state index in [9.17, 15) is 18.4 Å². The number of nitrogens with zero attached hydrogens (tertiary/aromatic N) is 2. The van der Waals surface area contributed by atoms with Crippen LogP contribution >= 0.6 is 23.1 Å². The molecule has 0 radical (unpaired) electrons. The summed E-state index contributed by atoms with van der Waals surface area (Å²) in [5.74, 6) is -2.29. The average molecular weight is 381 g/mol. The van der Waals surface area contributed by atoms with Gasteiger partial charge in [0, 0.05) is 7.05 Å². The Morgan fingerprint density at radius 2 is 2.00 bits per heavy atom. The fourth-order valence-corrected chi connectivity index (χ4v) is 3.81. The summed E-state index contributed by atoms with van der Waals surface area (Å²) in [6.07, 6.45) is 0. The Morgan fingerprint density at radius 1 is 1.32 bits per heavy atom. The van der Waals surface area contributed by atoms with E-state index in [1.54, 1.807) is 25.4 Å². The van der Waals surface area contributed by atoms with Crippen LogP contribution in [0.15, 0.2) is 39.6 Å². The zero-order valence-corrected chi connectivity index (χ0v) is 14.9. The van der Waals surface area contributed by atoms with Crippen molar-refractivity contribution in [3.8, 4) is 0 Å². The summed E-state index contributed by atoms with van der Waals surface area (Å²) in [5.41, 5.74) is -0.131. The van der Waals surface area contributed by atoms with Gasteiger partial charge in [0.15, 0.2) is 5.16 Å². The molecule has 1 amide bonds. The van der Waals surface area contributed by atoms with Gasteiger partial charge in [-0.05, 0) is 30.5 Å². The lowest BCUT2D eigenvalue weighted by atomic mass is 10.3. The molecule has 0 bridgehead atoms. The van der Waals surface area contributed by atoms with Gasteiger partial charge < -0.3 is 5.32 Å². The molecule has 3 aromatic rings. The third kappa shape index (κ3) is 3.42. The SMILES string of the molecule is CC(Sc1nc2ccsc2c(=O)n1C)C(=O)Nc1c(F)cccc1F. The Labute approximate surface area is 149 Å². The number of amides is 1. The highest BCUT2D eigenvalue weighted by Gasteiger charge is 2.21. The normalized spacial score (nSPS) is 12.3. The van der Waals surface area contributed by atoms with Gasteiger partial charge in [-0.15, -0.1) is 11.3 Å². The molecule has 0 aliphatic rings. The number of carbonyl (C=O) groups is 1. The van der Waals surface area contributed by atoms with E-state index in [1.165, 1.54) is 22.0 Å². The fraction of sp³-hybridized carbons (Fsp3) is 0.188. The topological polar surface area (TPSA) is 64.0 Å². The number of nitrogens with one attached hydrogen (secondary N) is 1. The molecule has 2 aromatic heterocycles. The minimum Gasteiger partial charge on any atom is -0.320 e. The molecule has 0 spiro atoms. The number of anilines is 1. The van der Waals surface area contributed by atoms with Crippen LogP contribution in [0.5, 0.6) is 0 Å². The minimum atomic E-state index is -0.851. The smallest absolute Gasteiger partial charge is 0.271 e. The number of thioether (sulfide) groups is 1. The van der Waals surface area contributed by atoms with Gasteiger partial charge in [0.05, 0.1) is 10.8 Å². The quantitative estimate of drug-likeness (QED) is 0.556. The predicted octanol–water partition coefficient (Wildman–Crippen LogP) is 3.39. The van der Waals surface area contributed by atoms with E-state index in [0.717, 1.165) is 23.9 Å². The number of benzene rings is 1. The van der Waals surface area contributed by atoms with Crippen LogP contribution in [0.2, 0.25) is 0 Å². The summed E-state index contributed by atoms with van der Waals surface area (Å²) < 4.78 is 29.2. The van der Waals surface area contributed by atoms with Crippen molar-refractivity contribution < 1.29 is 13.6 Å². The first kappa shape index (κ1) is 17.6. The van der Waals surface area contributed by atoms with Crippen LogP contribution in [0.3, 0.4) is 0 Å². The van der Waals surface area contributed by atoms with Gasteiger partial charge in [-0.3, -0.25) is 14.2 Å². The number of fused-ring (bicyclic) bond motifs is 1. The number of thiophene rings is 1. The number of halogens is 2. The highest BCUT2D eigenvalue weighted by atomic mass is 32.2. The van der Waals surface area contributed by atoms with Gasteiger partial charge in [0.25, 0.3) is 5.56 Å². The molecule has 130 valence electrons. The van der Waals surface area contributed by atoms with E-state index in [4.69, 9.17) is 0 Å². The van der Waals surface area contributed by atoms with E-state index < -0.39 is 28.5 Å². The lowest BCUT2D eigenvalue weighted by Gasteiger charge is -2.14. The van der Waals surface area contributed by atoms with Crippen molar-refractivity contribution in [1.82, 2.24) is 9.55 Å². The molecule has 1 N–H and O–H groups in total. The van der Waals surface area contributed by atoms with Crippen LogP contribution in [0.1, 0.15) is 6.92 Å². The fourth-order valence-electron chi connectivity index (χ4n) is 2.13. The summed E-state index contributed by atoms with van der Waals surface area (Å²) in [6, 6.07) is 5.07. The first-order valence-electron chi connectivity index (χ1n) is 7.24. The molecule has 0 saturated heterocycles. The summed E-state index contributed by atoms with van der Waals surface area (Å²) in [4.78, 5) is 28.9. The van der Waals surface area contributed by atoms with Crippen molar-refractivity contribution in [1.29, 1.82) is 0 Å². The standard InChI is InChI=1S/C16H13F2N3O2S2/c1-8(14(22)20-12-9(17)4-3-5-10(12)18)25-16-19-11-6-7-24-13(11)15(23)21(16)2/h3-8H,1-2H3,(H,20,22). The molecule has 9 heteroatoms. The zero-order chi connectivity index (χ0) is 18.1.